The quantitative estimate of drug-likeness (QED) is 0.362. The summed E-state index contributed by atoms with van der Waals surface area (Å²) in [5, 5.41) is 2.32. The number of rotatable bonds is 9. The molecule has 1 heterocycles. The highest BCUT2D eigenvalue weighted by molar-refractivity contribution is 6.99. The van der Waals surface area contributed by atoms with Crippen LogP contribution in [0.5, 0.6) is 0 Å². The Morgan fingerprint density at radius 1 is 0.917 bits per heavy atom. The molecule has 1 aliphatic heterocycles. The standard InChI is InChI=1S/C29H43NO5Si/c1-28(2,3)34-27(31)30-21-24(20-23(30)22-33-19-18-32-7)35-36(29(4,5)6,25-14-10-8-11-15-25)26-16-12-9-13-17-26/h8-17,23-24H,18-22H2,1-7H3. The van der Waals surface area contributed by atoms with E-state index in [1.54, 1.807) is 12.0 Å². The molecule has 0 N–H and O–H groups in total. The predicted molar refractivity (Wildman–Crippen MR) is 147 cm³/mol. The molecule has 2 atom stereocenters. The fourth-order valence-electron chi connectivity index (χ4n) is 4.96. The number of likely N-dealkylation sites (tertiary alicyclic amines) is 1. The number of methoxy groups -OCH3 is 1. The van der Waals surface area contributed by atoms with Gasteiger partial charge in [-0.25, -0.2) is 4.79 Å². The molecular weight excluding hydrogens is 470 g/mol. The Labute approximate surface area is 218 Å². The van der Waals surface area contributed by atoms with Gasteiger partial charge in [-0.2, -0.15) is 0 Å². The third kappa shape index (κ3) is 6.76. The van der Waals surface area contributed by atoms with Crippen LogP contribution in [0.4, 0.5) is 4.79 Å². The average molecular weight is 514 g/mol. The molecular formula is C29H43NO5Si. The second-order valence-electron chi connectivity index (χ2n) is 11.5. The Bertz CT molecular complexity index is 916. The topological polar surface area (TPSA) is 57.2 Å². The monoisotopic (exact) mass is 513 g/mol. The van der Waals surface area contributed by atoms with Gasteiger partial charge >= 0.3 is 6.09 Å². The number of carbonyl (C=O) groups is 1. The van der Waals surface area contributed by atoms with Gasteiger partial charge < -0.3 is 23.5 Å². The predicted octanol–water partition coefficient (Wildman–Crippen LogP) is 4.60. The van der Waals surface area contributed by atoms with Crippen LogP contribution in [0.25, 0.3) is 0 Å². The first kappa shape index (κ1) is 28.4. The van der Waals surface area contributed by atoms with Gasteiger partial charge in [-0.15, -0.1) is 0 Å². The van der Waals surface area contributed by atoms with E-state index in [0.29, 0.717) is 32.8 Å². The van der Waals surface area contributed by atoms with E-state index in [1.165, 1.54) is 10.4 Å². The third-order valence-electron chi connectivity index (χ3n) is 6.51. The second kappa shape index (κ2) is 11.9. The van der Waals surface area contributed by atoms with Crippen molar-refractivity contribution in [3.63, 3.8) is 0 Å². The first-order valence-corrected chi connectivity index (χ1v) is 14.7. The number of amides is 1. The molecule has 3 rings (SSSR count). The van der Waals surface area contributed by atoms with Crippen molar-refractivity contribution in [2.24, 2.45) is 0 Å². The van der Waals surface area contributed by atoms with Crippen molar-refractivity contribution in [2.45, 2.75) is 70.7 Å². The Kier molecular flexibility index (Phi) is 9.38. The maximum Gasteiger partial charge on any atom is 0.410 e. The van der Waals surface area contributed by atoms with Gasteiger partial charge in [-0.05, 0) is 42.6 Å². The van der Waals surface area contributed by atoms with Gasteiger partial charge in [-0.3, -0.25) is 0 Å². The molecule has 6 nitrogen and oxygen atoms in total. The number of carbonyl (C=O) groups excluding carboxylic acids is 1. The van der Waals surface area contributed by atoms with Crippen LogP contribution in [0.2, 0.25) is 5.04 Å². The molecule has 2 aromatic carbocycles. The summed E-state index contributed by atoms with van der Waals surface area (Å²) in [5.74, 6) is 0. The molecule has 2 unspecified atom stereocenters. The molecule has 0 saturated carbocycles. The molecule has 198 valence electrons. The van der Waals surface area contributed by atoms with Crippen molar-refractivity contribution in [3.8, 4) is 0 Å². The Hall–Kier alpha value is -2.19. The SMILES string of the molecule is COCCOCC1CC(O[Si](c2ccccc2)(c2ccccc2)C(C)(C)C)CN1C(=O)OC(C)(C)C. The van der Waals surface area contributed by atoms with Crippen molar-refractivity contribution in [2.75, 3.05) is 33.5 Å². The van der Waals surface area contributed by atoms with Crippen molar-refractivity contribution in [3.05, 3.63) is 60.7 Å². The second-order valence-corrected chi connectivity index (χ2v) is 15.7. The Morgan fingerprint density at radius 2 is 1.47 bits per heavy atom. The van der Waals surface area contributed by atoms with Crippen molar-refractivity contribution in [1.29, 1.82) is 0 Å². The third-order valence-corrected chi connectivity index (χ3v) is 11.6. The average Bonchev–Trinajstić information content (AvgIpc) is 3.22. The van der Waals surface area contributed by atoms with E-state index in [4.69, 9.17) is 18.6 Å². The number of ether oxygens (including phenoxy) is 3. The van der Waals surface area contributed by atoms with Gasteiger partial charge in [0.25, 0.3) is 8.32 Å². The number of benzene rings is 2. The smallest absolute Gasteiger partial charge is 0.410 e. The highest BCUT2D eigenvalue weighted by Crippen LogP contribution is 2.39. The summed E-state index contributed by atoms with van der Waals surface area (Å²) >= 11 is 0. The van der Waals surface area contributed by atoms with E-state index in [1.807, 2.05) is 32.9 Å². The van der Waals surface area contributed by atoms with Crippen LogP contribution in [-0.4, -0.2) is 70.5 Å². The maximum atomic E-state index is 13.2. The fraction of sp³-hybridized carbons (Fsp3) is 0.552. The lowest BCUT2D eigenvalue weighted by atomic mass is 10.2. The van der Waals surface area contributed by atoms with Crippen LogP contribution in [0.3, 0.4) is 0 Å². The first-order valence-electron chi connectivity index (χ1n) is 12.8. The summed E-state index contributed by atoms with van der Waals surface area (Å²) in [6.07, 6.45) is 0.229. The van der Waals surface area contributed by atoms with E-state index in [9.17, 15) is 4.79 Å². The molecule has 36 heavy (non-hydrogen) atoms. The molecule has 7 heteroatoms. The van der Waals surface area contributed by atoms with Gasteiger partial charge in [0.2, 0.25) is 0 Å². The van der Waals surface area contributed by atoms with Gasteiger partial charge in [-0.1, -0.05) is 81.4 Å². The minimum Gasteiger partial charge on any atom is -0.444 e. The minimum absolute atomic E-state index is 0.125. The lowest BCUT2D eigenvalue weighted by Crippen LogP contribution is -2.67. The van der Waals surface area contributed by atoms with E-state index in [0.717, 1.165) is 0 Å². The lowest BCUT2D eigenvalue weighted by molar-refractivity contribution is 0.00475. The molecule has 0 spiro atoms. The van der Waals surface area contributed by atoms with Crippen LogP contribution in [-0.2, 0) is 18.6 Å². The highest BCUT2D eigenvalue weighted by atomic mass is 28.4. The van der Waals surface area contributed by atoms with Crippen LogP contribution < -0.4 is 10.4 Å². The summed E-state index contributed by atoms with van der Waals surface area (Å²) in [5.41, 5.74) is -0.574. The fourth-order valence-corrected chi connectivity index (χ4v) is 9.65. The molecule has 1 amide bonds. The van der Waals surface area contributed by atoms with E-state index >= 15 is 0 Å². The number of nitrogens with zero attached hydrogens (tertiary/aromatic N) is 1. The largest absolute Gasteiger partial charge is 0.444 e. The summed E-state index contributed by atoms with van der Waals surface area (Å²) in [7, 11) is -1.09. The number of hydrogen-bond acceptors (Lipinski definition) is 5. The highest BCUT2D eigenvalue weighted by Gasteiger charge is 2.53. The minimum atomic E-state index is -2.74. The van der Waals surface area contributed by atoms with Gasteiger partial charge in [0, 0.05) is 13.7 Å². The molecule has 1 fully saturated rings. The molecule has 1 saturated heterocycles. The van der Waals surface area contributed by atoms with Gasteiger partial charge in [0.1, 0.15) is 5.60 Å². The zero-order valence-corrected chi connectivity index (χ0v) is 24.0. The molecule has 0 aromatic heterocycles. The van der Waals surface area contributed by atoms with E-state index < -0.39 is 13.9 Å². The van der Waals surface area contributed by atoms with Crippen LogP contribution in [0, 0.1) is 0 Å². The normalized spacial score (nSPS) is 18.9. The zero-order valence-electron chi connectivity index (χ0n) is 23.0. The summed E-state index contributed by atoms with van der Waals surface area (Å²) in [6, 6.07) is 21.1. The van der Waals surface area contributed by atoms with Gasteiger partial charge in [0.15, 0.2) is 0 Å². The van der Waals surface area contributed by atoms with E-state index in [-0.39, 0.29) is 23.3 Å². The van der Waals surface area contributed by atoms with E-state index in [2.05, 4.69) is 69.3 Å². The molecule has 0 bridgehead atoms. The zero-order chi connectivity index (χ0) is 26.4. The summed E-state index contributed by atoms with van der Waals surface area (Å²) in [6.45, 7) is 14.4. The van der Waals surface area contributed by atoms with Crippen LogP contribution in [0.15, 0.2) is 60.7 Å². The lowest BCUT2D eigenvalue weighted by Gasteiger charge is -2.44. The molecule has 0 aliphatic carbocycles. The van der Waals surface area contributed by atoms with Crippen LogP contribution in [0.1, 0.15) is 48.0 Å². The Morgan fingerprint density at radius 3 is 1.94 bits per heavy atom. The Balaban J connectivity index is 1.96. The molecule has 1 aliphatic rings. The molecule has 0 radical (unpaired) electrons. The van der Waals surface area contributed by atoms with Crippen molar-refractivity contribution < 1.29 is 23.4 Å². The summed E-state index contributed by atoms with van der Waals surface area (Å²) in [4.78, 5) is 15.0. The van der Waals surface area contributed by atoms with Crippen molar-refractivity contribution >= 4 is 24.8 Å². The number of hydrogen-bond donors (Lipinski definition) is 0. The first-order chi connectivity index (χ1) is 17.0. The van der Waals surface area contributed by atoms with Crippen LogP contribution >= 0.6 is 0 Å². The maximum absolute atomic E-state index is 13.2. The van der Waals surface area contributed by atoms with Gasteiger partial charge in [0.05, 0.1) is 32.0 Å². The summed E-state index contributed by atoms with van der Waals surface area (Å²) < 4.78 is 24.1. The van der Waals surface area contributed by atoms with Crippen molar-refractivity contribution in [1.82, 2.24) is 4.90 Å². The molecule has 2 aromatic rings.